The summed E-state index contributed by atoms with van der Waals surface area (Å²) >= 11 is 0. The summed E-state index contributed by atoms with van der Waals surface area (Å²) in [7, 11) is -2.34. The van der Waals surface area contributed by atoms with Crippen molar-refractivity contribution in [2.24, 2.45) is 0 Å². The van der Waals surface area contributed by atoms with Gasteiger partial charge in [0.15, 0.2) is 0 Å². The molecule has 1 aliphatic heterocycles. The van der Waals surface area contributed by atoms with Crippen LogP contribution in [-0.2, 0) is 10.0 Å². The summed E-state index contributed by atoms with van der Waals surface area (Å²) in [5, 5.41) is 0. The average Bonchev–Trinajstić information content (AvgIpc) is 2.74. The summed E-state index contributed by atoms with van der Waals surface area (Å²) in [6, 6.07) is 10.0. The second-order valence-corrected chi connectivity index (χ2v) is 9.63. The molecule has 0 aromatic heterocycles. The number of piperidine rings is 1. The number of nitrogens with zero attached hydrogens (tertiary/aromatic N) is 1. The minimum atomic E-state index is -3.83. The predicted molar refractivity (Wildman–Crippen MR) is 117 cm³/mol. The molecule has 1 fully saturated rings. The van der Waals surface area contributed by atoms with Crippen LogP contribution in [0.15, 0.2) is 41.3 Å². The molecule has 1 heterocycles. The number of aryl methyl sites for hydroxylation is 2. The molecule has 1 aliphatic rings. The molecule has 0 aliphatic carbocycles. The van der Waals surface area contributed by atoms with E-state index in [0.717, 1.165) is 36.0 Å². The van der Waals surface area contributed by atoms with E-state index < -0.39 is 16.1 Å². The maximum atomic E-state index is 13.1. The number of carbonyl (C=O) groups is 1. The van der Waals surface area contributed by atoms with Crippen LogP contribution < -0.4 is 9.46 Å². The van der Waals surface area contributed by atoms with Crippen LogP contribution >= 0.6 is 0 Å². The highest BCUT2D eigenvalue weighted by Gasteiger charge is 2.25. The molecular weight excluding hydrogens is 400 g/mol. The number of ether oxygens (including phenoxy) is 1. The Kier molecular flexibility index (Phi) is 6.83. The number of methoxy groups -OCH3 is 1. The molecule has 1 unspecified atom stereocenters. The van der Waals surface area contributed by atoms with E-state index in [4.69, 9.17) is 4.74 Å². The largest absolute Gasteiger partial charge is 0.496 e. The first-order valence-electron chi connectivity index (χ1n) is 10.3. The third kappa shape index (κ3) is 4.84. The van der Waals surface area contributed by atoms with Crippen molar-refractivity contribution in [3.8, 4) is 5.75 Å². The molecule has 30 heavy (non-hydrogen) atoms. The molecule has 6 nitrogen and oxygen atoms in total. The van der Waals surface area contributed by atoms with Gasteiger partial charge < -0.3 is 9.64 Å². The van der Waals surface area contributed by atoms with Gasteiger partial charge in [0.25, 0.3) is 5.91 Å². The topological polar surface area (TPSA) is 75.7 Å². The van der Waals surface area contributed by atoms with Gasteiger partial charge in [-0.2, -0.15) is 0 Å². The van der Waals surface area contributed by atoms with E-state index in [-0.39, 0.29) is 16.4 Å². The molecule has 1 saturated heterocycles. The lowest BCUT2D eigenvalue weighted by molar-refractivity contribution is 0.0720. The molecule has 2 aromatic carbocycles. The van der Waals surface area contributed by atoms with Gasteiger partial charge in [0, 0.05) is 19.1 Å². The molecular formula is C23H30N2O4S. The average molecular weight is 431 g/mol. The van der Waals surface area contributed by atoms with Crippen molar-refractivity contribution in [3.05, 3.63) is 58.7 Å². The van der Waals surface area contributed by atoms with E-state index >= 15 is 0 Å². The predicted octanol–water partition coefficient (Wildman–Crippen LogP) is 3.98. The lowest BCUT2D eigenvalue weighted by atomic mass is 10.0. The summed E-state index contributed by atoms with van der Waals surface area (Å²) < 4.78 is 34.3. The van der Waals surface area contributed by atoms with Crippen molar-refractivity contribution in [1.82, 2.24) is 9.62 Å². The van der Waals surface area contributed by atoms with Gasteiger partial charge in [-0.1, -0.05) is 23.8 Å². The maximum Gasteiger partial charge on any atom is 0.257 e. The monoisotopic (exact) mass is 430 g/mol. The molecule has 0 spiro atoms. The number of sulfonamides is 1. The molecule has 0 saturated carbocycles. The lowest BCUT2D eigenvalue weighted by Crippen LogP contribution is -2.36. The Morgan fingerprint density at radius 1 is 1.07 bits per heavy atom. The van der Waals surface area contributed by atoms with Gasteiger partial charge in [0.05, 0.1) is 17.6 Å². The number of carbonyl (C=O) groups excluding carboxylic acids is 1. The Morgan fingerprint density at radius 3 is 2.43 bits per heavy atom. The van der Waals surface area contributed by atoms with Crippen molar-refractivity contribution in [3.63, 3.8) is 0 Å². The summed E-state index contributed by atoms with van der Waals surface area (Å²) in [4.78, 5) is 14.8. The van der Waals surface area contributed by atoms with Gasteiger partial charge >= 0.3 is 0 Å². The van der Waals surface area contributed by atoms with E-state index in [1.165, 1.54) is 19.2 Å². The Morgan fingerprint density at radius 2 is 1.77 bits per heavy atom. The van der Waals surface area contributed by atoms with Crippen molar-refractivity contribution in [2.45, 2.75) is 51.0 Å². The molecule has 162 valence electrons. The maximum absolute atomic E-state index is 13.1. The van der Waals surface area contributed by atoms with Crippen molar-refractivity contribution in [2.75, 3.05) is 20.2 Å². The third-order valence-electron chi connectivity index (χ3n) is 5.59. The minimum Gasteiger partial charge on any atom is -0.496 e. The molecule has 0 bridgehead atoms. The summed E-state index contributed by atoms with van der Waals surface area (Å²) in [5.74, 6) is 0.193. The fourth-order valence-corrected chi connectivity index (χ4v) is 5.13. The first-order chi connectivity index (χ1) is 14.2. The number of amides is 1. The van der Waals surface area contributed by atoms with Crippen LogP contribution in [0.4, 0.5) is 0 Å². The highest BCUT2D eigenvalue weighted by Crippen LogP contribution is 2.27. The number of benzene rings is 2. The number of likely N-dealkylation sites (tertiary alicyclic amines) is 1. The van der Waals surface area contributed by atoms with Crippen LogP contribution in [0.2, 0.25) is 0 Å². The van der Waals surface area contributed by atoms with Gasteiger partial charge in [-0.15, -0.1) is 0 Å². The molecule has 1 N–H and O–H groups in total. The fourth-order valence-electron chi connectivity index (χ4n) is 3.88. The van der Waals surface area contributed by atoms with Gasteiger partial charge in [-0.25, -0.2) is 13.1 Å². The van der Waals surface area contributed by atoms with Crippen LogP contribution in [0, 0.1) is 13.8 Å². The Hall–Kier alpha value is -2.38. The van der Waals surface area contributed by atoms with Crippen LogP contribution in [-0.4, -0.2) is 39.4 Å². The lowest BCUT2D eigenvalue weighted by Gasteiger charge is -2.27. The van der Waals surface area contributed by atoms with Crippen LogP contribution in [0.5, 0.6) is 5.75 Å². The molecule has 0 radical (unpaired) electrons. The second kappa shape index (κ2) is 9.18. The van der Waals surface area contributed by atoms with E-state index in [9.17, 15) is 13.2 Å². The third-order valence-corrected chi connectivity index (χ3v) is 7.13. The molecule has 1 amide bonds. The zero-order valence-electron chi connectivity index (χ0n) is 18.1. The van der Waals surface area contributed by atoms with Gasteiger partial charge in [-0.3, -0.25) is 4.79 Å². The quantitative estimate of drug-likeness (QED) is 0.752. The summed E-state index contributed by atoms with van der Waals surface area (Å²) in [6.07, 6.45) is 3.03. The standard InChI is InChI=1S/C23H30N2O4S/c1-16-8-9-17(2)20(14-16)18(3)24-30(27,28)19-10-11-22(29-4)21(15-19)23(26)25-12-6-5-7-13-25/h8-11,14-15,18,24H,5-7,12-13H2,1-4H3. The first kappa shape index (κ1) is 22.3. The van der Waals surface area contributed by atoms with Crippen molar-refractivity contribution in [1.29, 1.82) is 0 Å². The minimum absolute atomic E-state index is 0.0563. The Bertz CT molecular complexity index is 1030. The van der Waals surface area contributed by atoms with Crippen LogP contribution in [0.1, 0.15) is 59.3 Å². The smallest absolute Gasteiger partial charge is 0.257 e. The zero-order chi connectivity index (χ0) is 21.9. The number of hydrogen-bond donors (Lipinski definition) is 1. The van der Waals surface area contributed by atoms with E-state index in [0.29, 0.717) is 18.8 Å². The Labute approximate surface area is 179 Å². The number of rotatable bonds is 6. The van der Waals surface area contributed by atoms with Crippen molar-refractivity contribution < 1.29 is 17.9 Å². The molecule has 1 atom stereocenters. The number of hydrogen-bond acceptors (Lipinski definition) is 4. The van der Waals surface area contributed by atoms with Gasteiger partial charge in [-0.05, 0) is 69.4 Å². The molecule has 7 heteroatoms. The molecule has 2 aromatic rings. The first-order valence-corrected chi connectivity index (χ1v) is 11.8. The van der Waals surface area contributed by atoms with Crippen molar-refractivity contribution >= 4 is 15.9 Å². The normalized spacial score (nSPS) is 15.7. The van der Waals surface area contributed by atoms with Crippen LogP contribution in [0.3, 0.4) is 0 Å². The summed E-state index contributed by atoms with van der Waals surface area (Å²) in [6.45, 7) is 7.12. The van der Waals surface area contributed by atoms with E-state index in [1.807, 2.05) is 39.0 Å². The van der Waals surface area contributed by atoms with E-state index in [2.05, 4.69) is 4.72 Å². The SMILES string of the molecule is COc1ccc(S(=O)(=O)NC(C)c2cc(C)ccc2C)cc1C(=O)N1CCCCC1. The highest BCUT2D eigenvalue weighted by molar-refractivity contribution is 7.89. The highest BCUT2D eigenvalue weighted by atomic mass is 32.2. The molecule has 3 rings (SSSR count). The van der Waals surface area contributed by atoms with Gasteiger partial charge in [0.1, 0.15) is 5.75 Å². The van der Waals surface area contributed by atoms with E-state index in [1.54, 1.807) is 11.0 Å². The van der Waals surface area contributed by atoms with Crippen LogP contribution in [0.25, 0.3) is 0 Å². The summed E-state index contributed by atoms with van der Waals surface area (Å²) in [5.41, 5.74) is 3.30. The van der Waals surface area contributed by atoms with Gasteiger partial charge in [0.2, 0.25) is 10.0 Å². The zero-order valence-corrected chi connectivity index (χ0v) is 18.9. The Balaban J connectivity index is 1.90. The fraction of sp³-hybridized carbons (Fsp3) is 0.435. The second-order valence-electron chi connectivity index (χ2n) is 7.92. The number of nitrogens with one attached hydrogen (secondary N) is 1.